The van der Waals surface area contributed by atoms with E-state index in [0.29, 0.717) is 18.9 Å². The van der Waals surface area contributed by atoms with Crippen LogP contribution in [0.4, 0.5) is 4.39 Å². The molecule has 2 N–H and O–H groups in total. The first-order valence-electron chi connectivity index (χ1n) is 6.49. The first-order valence-corrected chi connectivity index (χ1v) is 6.49. The molecule has 0 aromatic heterocycles. The van der Waals surface area contributed by atoms with Gasteiger partial charge in [0.2, 0.25) is 0 Å². The second-order valence-corrected chi connectivity index (χ2v) is 4.53. The van der Waals surface area contributed by atoms with E-state index in [-0.39, 0.29) is 5.56 Å². The summed E-state index contributed by atoms with van der Waals surface area (Å²) in [5.41, 5.74) is 1.28. The lowest BCUT2D eigenvalue weighted by molar-refractivity contribution is 0.172. The molecule has 0 amide bonds. The van der Waals surface area contributed by atoms with Gasteiger partial charge in [0.05, 0.1) is 6.10 Å². The Morgan fingerprint density at radius 3 is 2.65 bits per heavy atom. The molecule has 4 heteroatoms. The lowest BCUT2D eigenvalue weighted by Gasteiger charge is -2.13. The molecule has 20 heavy (non-hydrogen) atoms. The molecule has 3 nitrogen and oxygen atoms in total. The van der Waals surface area contributed by atoms with Crippen molar-refractivity contribution in [2.24, 2.45) is 0 Å². The Bertz CT molecular complexity index is 545. The van der Waals surface area contributed by atoms with E-state index in [4.69, 9.17) is 4.74 Å². The third-order valence-corrected chi connectivity index (χ3v) is 2.97. The van der Waals surface area contributed by atoms with E-state index in [0.717, 1.165) is 5.56 Å². The highest BCUT2D eigenvalue weighted by Gasteiger charge is 2.13. The molecule has 2 aromatic carbocycles. The maximum atomic E-state index is 13.7. The summed E-state index contributed by atoms with van der Waals surface area (Å²) in [4.78, 5) is 0. The molecule has 2 aromatic rings. The van der Waals surface area contributed by atoms with Crippen LogP contribution < -0.4 is 10.1 Å². The van der Waals surface area contributed by atoms with Crippen molar-refractivity contribution in [3.63, 3.8) is 0 Å². The molecule has 0 fully saturated rings. The second kappa shape index (κ2) is 7.03. The molecule has 0 aliphatic carbocycles. The van der Waals surface area contributed by atoms with Gasteiger partial charge in [-0.05, 0) is 30.8 Å². The number of benzene rings is 2. The van der Waals surface area contributed by atoms with Gasteiger partial charge in [-0.25, -0.2) is 4.39 Å². The Morgan fingerprint density at radius 2 is 1.95 bits per heavy atom. The van der Waals surface area contributed by atoms with Gasteiger partial charge in [-0.2, -0.15) is 0 Å². The first-order chi connectivity index (χ1) is 9.70. The fourth-order valence-electron chi connectivity index (χ4n) is 1.91. The maximum Gasteiger partial charge on any atom is 0.129 e. The Kier molecular flexibility index (Phi) is 5.09. The van der Waals surface area contributed by atoms with Crippen LogP contribution in [0.25, 0.3) is 0 Å². The third kappa shape index (κ3) is 3.79. The Labute approximate surface area is 118 Å². The molecule has 0 heterocycles. The number of nitrogens with one attached hydrogen (secondary N) is 1. The number of ether oxygens (including phenoxy) is 1. The molecule has 0 aliphatic heterocycles. The molecule has 0 bridgehead atoms. The van der Waals surface area contributed by atoms with Gasteiger partial charge >= 0.3 is 0 Å². The molecule has 1 atom stereocenters. The normalized spacial score (nSPS) is 12.2. The molecule has 0 aliphatic rings. The van der Waals surface area contributed by atoms with Crippen molar-refractivity contribution >= 4 is 0 Å². The van der Waals surface area contributed by atoms with E-state index in [9.17, 15) is 9.50 Å². The first kappa shape index (κ1) is 14.5. The van der Waals surface area contributed by atoms with Crippen LogP contribution in [0.5, 0.6) is 5.75 Å². The largest absolute Gasteiger partial charge is 0.489 e. The zero-order chi connectivity index (χ0) is 14.4. The minimum Gasteiger partial charge on any atom is -0.489 e. The van der Waals surface area contributed by atoms with Crippen molar-refractivity contribution in [3.8, 4) is 5.75 Å². The number of aliphatic hydroxyl groups is 1. The maximum absolute atomic E-state index is 13.7. The summed E-state index contributed by atoms with van der Waals surface area (Å²) < 4.78 is 19.3. The Balaban J connectivity index is 2.07. The van der Waals surface area contributed by atoms with Crippen LogP contribution >= 0.6 is 0 Å². The third-order valence-electron chi connectivity index (χ3n) is 2.97. The van der Waals surface area contributed by atoms with E-state index < -0.39 is 11.9 Å². The van der Waals surface area contributed by atoms with Crippen LogP contribution in [0, 0.1) is 5.82 Å². The van der Waals surface area contributed by atoms with Gasteiger partial charge in [-0.3, -0.25) is 0 Å². The Hall–Kier alpha value is -1.91. The van der Waals surface area contributed by atoms with Crippen LogP contribution in [0.15, 0.2) is 48.5 Å². The predicted molar refractivity (Wildman–Crippen MR) is 76.1 cm³/mol. The molecule has 0 saturated carbocycles. The minimum absolute atomic E-state index is 0.241. The van der Waals surface area contributed by atoms with E-state index in [1.807, 2.05) is 30.3 Å². The van der Waals surface area contributed by atoms with Crippen LogP contribution in [0.2, 0.25) is 0 Å². The van der Waals surface area contributed by atoms with Crippen molar-refractivity contribution in [1.82, 2.24) is 5.32 Å². The minimum atomic E-state index is -0.889. The fourth-order valence-corrected chi connectivity index (χ4v) is 1.91. The zero-order valence-corrected chi connectivity index (χ0v) is 11.3. The molecule has 0 saturated heterocycles. The molecule has 0 spiro atoms. The highest BCUT2D eigenvalue weighted by atomic mass is 19.1. The number of halogens is 1. The molecular weight excluding hydrogens is 257 g/mol. The molecule has 0 radical (unpaired) electrons. The van der Waals surface area contributed by atoms with Crippen molar-refractivity contribution in [2.45, 2.75) is 12.7 Å². The number of hydrogen-bond donors (Lipinski definition) is 2. The number of likely N-dealkylation sites (N-methyl/N-ethyl adjacent to an activating group) is 1. The average molecular weight is 275 g/mol. The summed E-state index contributed by atoms with van der Waals surface area (Å²) in [7, 11) is 1.71. The Morgan fingerprint density at radius 1 is 1.20 bits per heavy atom. The molecule has 2 rings (SSSR count). The van der Waals surface area contributed by atoms with E-state index >= 15 is 0 Å². The van der Waals surface area contributed by atoms with Crippen LogP contribution in [0.1, 0.15) is 17.2 Å². The van der Waals surface area contributed by atoms with Crippen LogP contribution in [-0.2, 0) is 6.61 Å². The number of rotatable bonds is 6. The topological polar surface area (TPSA) is 41.5 Å². The van der Waals surface area contributed by atoms with Crippen molar-refractivity contribution < 1.29 is 14.2 Å². The second-order valence-electron chi connectivity index (χ2n) is 4.53. The summed E-state index contributed by atoms with van der Waals surface area (Å²) >= 11 is 0. The van der Waals surface area contributed by atoms with Gasteiger partial charge in [0.1, 0.15) is 18.2 Å². The highest BCUT2D eigenvalue weighted by molar-refractivity contribution is 5.31. The number of aliphatic hydroxyl groups excluding tert-OH is 1. The average Bonchev–Trinajstić information content (AvgIpc) is 2.47. The van der Waals surface area contributed by atoms with Gasteiger partial charge in [0.15, 0.2) is 0 Å². The van der Waals surface area contributed by atoms with E-state index in [1.54, 1.807) is 19.2 Å². The summed E-state index contributed by atoms with van der Waals surface area (Å²) in [6.45, 7) is 0.701. The van der Waals surface area contributed by atoms with Crippen molar-refractivity contribution in [2.75, 3.05) is 13.6 Å². The highest BCUT2D eigenvalue weighted by Crippen LogP contribution is 2.23. The monoisotopic (exact) mass is 275 g/mol. The summed E-state index contributed by atoms with van der Waals surface area (Å²) in [6.07, 6.45) is -0.889. The van der Waals surface area contributed by atoms with Crippen molar-refractivity contribution in [3.05, 3.63) is 65.5 Å². The van der Waals surface area contributed by atoms with Crippen molar-refractivity contribution in [1.29, 1.82) is 0 Å². The smallest absolute Gasteiger partial charge is 0.129 e. The molecule has 106 valence electrons. The zero-order valence-electron chi connectivity index (χ0n) is 11.3. The summed E-state index contributed by atoms with van der Waals surface area (Å²) in [5.74, 6) is 0.111. The van der Waals surface area contributed by atoms with Crippen LogP contribution in [0.3, 0.4) is 0 Å². The van der Waals surface area contributed by atoms with E-state index in [1.165, 1.54) is 6.07 Å². The van der Waals surface area contributed by atoms with Crippen LogP contribution in [-0.4, -0.2) is 18.7 Å². The standard InChI is InChI=1S/C16H18FNO2/c1-18-10-16(19)14-9-13(7-8-15(14)17)20-11-12-5-3-2-4-6-12/h2-9,16,18-19H,10-11H2,1H3. The quantitative estimate of drug-likeness (QED) is 0.851. The lowest BCUT2D eigenvalue weighted by Crippen LogP contribution is -2.17. The summed E-state index contributed by atoms with van der Waals surface area (Å²) in [5, 5.41) is 12.7. The molecular formula is C16H18FNO2. The van der Waals surface area contributed by atoms with Gasteiger partial charge < -0.3 is 15.2 Å². The van der Waals surface area contributed by atoms with Gasteiger partial charge in [-0.1, -0.05) is 30.3 Å². The van der Waals surface area contributed by atoms with Gasteiger partial charge in [0, 0.05) is 12.1 Å². The SMILES string of the molecule is CNCC(O)c1cc(OCc2ccccc2)ccc1F. The number of hydrogen-bond acceptors (Lipinski definition) is 3. The molecule has 1 unspecified atom stereocenters. The van der Waals surface area contributed by atoms with E-state index in [2.05, 4.69) is 5.32 Å². The summed E-state index contributed by atoms with van der Waals surface area (Å²) in [6, 6.07) is 14.1. The fraction of sp³-hybridized carbons (Fsp3) is 0.250. The van der Waals surface area contributed by atoms with Gasteiger partial charge in [0.25, 0.3) is 0 Å². The predicted octanol–water partition coefficient (Wildman–Crippen LogP) is 2.66. The lowest BCUT2D eigenvalue weighted by atomic mass is 10.1. The van der Waals surface area contributed by atoms with Gasteiger partial charge in [-0.15, -0.1) is 0 Å².